The second-order valence-electron chi connectivity index (χ2n) is 3.42. The van der Waals surface area contributed by atoms with Gasteiger partial charge in [-0.05, 0) is 36.0 Å². The van der Waals surface area contributed by atoms with Gasteiger partial charge in [0, 0.05) is 15.4 Å². The van der Waals surface area contributed by atoms with Gasteiger partial charge in [-0.3, -0.25) is 0 Å². The molecule has 1 aromatic rings. The molecule has 0 N–H and O–H groups in total. The van der Waals surface area contributed by atoms with E-state index in [1.54, 1.807) is 0 Å². The smallest absolute Gasteiger partial charge is 0.0455 e. The van der Waals surface area contributed by atoms with Gasteiger partial charge in [0.05, 0.1) is 0 Å². The van der Waals surface area contributed by atoms with E-state index in [2.05, 4.69) is 15.9 Å². The predicted octanol–water partition coefficient (Wildman–Crippen LogP) is 4.49. The van der Waals surface area contributed by atoms with Gasteiger partial charge < -0.3 is 0 Å². The van der Waals surface area contributed by atoms with Crippen molar-refractivity contribution in [2.24, 2.45) is 5.92 Å². The number of hydrogen-bond acceptors (Lipinski definition) is 0. The van der Waals surface area contributed by atoms with Crippen LogP contribution in [0, 0.1) is 5.92 Å². The maximum absolute atomic E-state index is 6.09. The van der Waals surface area contributed by atoms with Crippen molar-refractivity contribution in [1.29, 1.82) is 0 Å². The molecule has 0 amide bonds. The van der Waals surface area contributed by atoms with Crippen LogP contribution in [0.25, 0.3) is 0 Å². The summed E-state index contributed by atoms with van der Waals surface area (Å²) >= 11 is 15.4. The Bertz CT molecular complexity index is 325. The summed E-state index contributed by atoms with van der Waals surface area (Å²) in [5.41, 5.74) is 1.25. The molecule has 2 rings (SSSR count). The zero-order valence-electron chi connectivity index (χ0n) is 6.93. The molecule has 0 saturated heterocycles. The molecule has 0 nitrogen and oxygen atoms in total. The Morgan fingerprint density at radius 2 is 2.15 bits per heavy atom. The van der Waals surface area contributed by atoms with Crippen LogP contribution in [0.3, 0.4) is 0 Å². The highest BCUT2D eigenvalue weighted by molar-refractivity contribution is 9.09. The summed E-state index contributed by atoms with van der Waals surface area (Å²) < 4.78 is 0. The van der Waals surface area contributed by atoms with Gasteiger partial charge in [-0.15, -0.1) is 0 Å². The Morgan fingerprint density at radius 3 is 2.69 bits per heavy atom. The third-order valence-corrected chi connectivity index (χ3v) is 3.88. The quantitative estimate of drug-likeness (QED) is 0.700. The van der Waals surface area contributed by atoms with Crippen molar-refractivity contribution in [3.8, 4) is 0 Å². The minimum Gasteiger partial charge on any atom is -0.0925 e. The third-order valence-electron chi connectivity index (χ3n) is 2.48. The van der Waals surface area contributed by atoms with Crippen molar-refractivity contribution in [3.63, 3.8) is 0 Å². The van der Waals surface area contributed by atoms with Crippen LogP contribution >= 0.6 is 39.1 Å². The average molecular weight is 280 g/mol. The molecule has 0 bridgehead atoms. The summed E-state index contributed by atoms with van der Waals surface area (Å²) in [5.74, 6) is 1.41. The van der Waals surface area contributed by atoms with Gasteiger partial charge in [-0.1, -0.05) is 45.2 Å². The summed E-state index contributed by atoms with van der Waals surface area (Å²) in [4.78, 5) is 0. The Hall–Kier alpha value is 0.280. The van der Waals surface area contributed by atoms with E-state index in [0.717, 1.165) is 16.3 Å². The zero-order chi connectivity index (χ0) is 9.42. The predicted molar refractivity (Wildman–Crippen MR) is 61.1 cm³/mol. The van der Waals surface area contributed by atoms with Crippen molar-refractivity contribution >= 4 is 39.1 Å². The fourth-order valence-electron chi connectivity index (χ4n) is 1.60. The number of hydrogen-bond donors (Lipinski definition) is 0. The Balaban J connectivity index is 2.22. The van der Waals surface area contributed by atoms with Gasteiger partial charge in [0.1, 0.15) is 0 Å². The molecule has 1 aliphatic rings. The molecule has 1 aromatic carbocycles. The number of halogens is 3. The number of benzene rings is 1. The second-order valence-corrected chi connectivity index (χ2v) is 4.91. The average Bonchev–Trinajstić information content (AvgIpc) is 2.83. The lowest BCUT2D eigenvalue weighted by Crippen LogP contribution is -1.85. The largest absolute Gasteiger partial charge is 0.0925 e. The molecule has 0 radical (unpaired) electrons. The maximum atomic E-state index is 6.09. The first-order chi connectivity index (χ1) is 6.22. The lowest BCUT2D eigenvalue weighted by atomic mass is 10.1. The summed E-state index contributed by atoms with van der Waals surface area (Å²) in [7, 11) is 0. The van der Waals surface area contributed by atoms with Crippen molar-refractivity contribution < 1.29 is 0 Å². The highest BCUT2D eigenvalue weighted by Crippen LogP contribution is 2.50. The van der Waals surface area contributed by atoms with E-state index in [-0.39, 0.29) is 0 Å². The van der Waals surface area contributed by atoms with E-state index in [0.29, 0.717) is 10.9 Å². The number of rotatable bonds is 2. The molecule has 0 spiro atoms. The molecule has 13 heavy (non-hydrogen) atoms. The van der Waals surface area contributed by atoms with Gasteiger partial charge in [-0.2, -0.15) is 0 Å². The van der Waals surface area contributed by atoms with Crippen molar-refractivity contribution in [2.75, 3.05) is 5.33 Å². The van der Waals surface area contributed by atoms with Gasteiger partial charge in [0.2, 0.25) is 0 Å². The minimum atomic E-state index is 0.643. The molecule has 0 heterocycles. The summed E-state index contributed by atoms with van der Waals surface area (Å²) in [6, 6.07) is 5.77. The van der Waals surface area contributed by atoms with Crippen molar-refractivity contribution in [2.45, 2.75) is 12.3 Å². The number of alkyl halides is 1. The van der Waals surface area contributed by atoms with Crippen LogP contribution in [0.4, 0.5) is 0 Å². The lowest BCUT2D eigenvalue weighted by Gasteiger charge is -2.02. The molecule has 1 saturated carbocycles. The molecular formula is C10H9BrCl2. The topological polar surface area (TPSA) is 0 Å². The van der Waals surface area contributed by atoms with Crippen LogP contribution in [0.2, 0.25) is 10.0 Å². The van der Waals surface area contributed by atoms with E-state index in [1.807, 2.05) is 18.2 Å². The minimum absolute atomic E-state index is 0.643. The zero-order valence-corrected chi connectivity index (χ0v) is 10.0. The van der Waals surface area contributed by atoms with E-state index in [9.17, 15) is 0 Å². The highest BCUT2D eigenvalue weighted by Gasteiger charge is 2.38. The van der Waals surface area contributed by atoms with Crippen LogP contribution in [0.5, 0.6) is 0 Å². The van der Waals surface area contributed by atoms with E-state index in [4.69, 9.17) is 23.2 Å². The Labute approximate surface area is 96.4 Å². The first kappa shape index (κ1) is 9.82. The SMILES string of the molecule is Clc1ccc(C2CC2CBr)c(Cl)c1. The van der Waals surface area contributed by atoms with Gasteiger partial charge in [0.15, 0.2) is 0 Å². The highest BCUT2D eigenvalue weighted by atomic mass is 79.9. The summed E-state index contributed by atoms with van der Waals surface area (Å²) in [6.07, 6.45) is 1.24. The Morgan fingerprint density at radius 1 is 1.38 bits per heavy atom. The standard InChI is InChI=1S/C10H9BrCl2/c11-5-6-3-9(6)8-2-1-7(12)4-10(8)13/h1-2,4,6,9H,3,5H2. The molecule has 0 aliphatic heterocycles. The normalized spacial score (nSPS) is 26.1. The van der Waals surface area contributed by atoms with Crippen LogP contribution in [0.15, 0.2) is 18.2 Å². The van der Waals surface area contributed by atoms with Crippen LogP contribution < -0.4 is 0 Å². The third kappa shape index (κ3) is 2.03. The molecular weight excluding hydrogens is 271 g/mol. The molecule has 1 aliphatic carbocycles. The molecule has 70 valence electrons. The monoisotopic (exact) mass is 278 g/mol. The first-order valence-corrected chi connectivity index (χ1v) is 6.11. The first-order valence-electron chi connectivity index (χ1n) is 4.23. The summed E-state index contributed by atoms with van der Waals surface area (Å²) in [5, 5.41) is 2.59. The molecule has 3 heteroatoms. The van der Waals surface area contributed by atoms with Crippen molar-refractivity contribution in [1.82, 2.24) is 0 Å². The van der Waals surface area contributed by atoms with Gasteiger partial charge in [0.25, 0.3) is 0 Å². The van der Waals surface area contributed by atoms with Gasteiger partial charge >= 0.3 is 0 Å². The fourth-order valence-corrected chi connectivity index (χ4v) is 2.87. The van der Waals surface area contributed by atoms with Crippen LogP contribution in [-0.4, -0.2) is 5.33 Å². The fraction of sp³-hybridized carbons (Fsp3) is 0.400. The van der Waals surface area contributed by atoms with E-state index in [1.165, 1.54) is 12.0 Å². The molecule has 2 atom stereocenters. The molecule has 0 aromatic heterocycles. The van der Waals surface area contributed by atoms with Crippen LogP contribution in [0.1, 0.15) is 17.9 Å². The van der Waals surface area contributed by atoms with Gasteiger partial charge in [-0.25, -0.2) is 0 Å². The van der Waals surface area contributed by atoms with Crippen LogP contribution in [-0.2, 0) is 0 Å². The van der Waals surface area contributed by atoms with E-state index >= 15 is 0 Å². The Kier molecular flexibility index (Phi) is 2.87. The molecule has 1 fully saturated rings. The molecule has 2 unspecified atom stereocenters. The second kappa shape index (κ2) is 3.80. The van der Waals surface area contributed by atoms with E-state index < -0.39 is 0 Å². The van der Waals surface area contributed by atoms with Crippen molar-refractivity contribution in [3.05, 3.63) is 33.8 Å². The summed E-state index contributed by atoms with van der Waals surface area (Å²) in [6.45, 7) is 0. The lowest BCUT2D eigenvalue weighted by molar-refractivity contribution is 0.937. The maximum Gasteiger partial charge on any atom is 0.0455 e.